The number of carboxylic acids is 1. The molecule has 0 aliphatic carbocycles. The molecule has 0 radical (unpaired) electrons. The van der Waals surface area contributed by atoms with Gasteiger partial charge in [-0.25, -0.2) is 4.68 Å². The first kappa shape index (κ1) is 12.4. The average molecular weight is 285 g/mol. The normalized spacial score (nSPS) is 33.1. The molecule has 10 heteroatoms. The Bertz CT molecular complexity index is 523. The number of aromatic nitrogens is 4. The molecule has 2 N–H and O–H groups in total. The van der Waals surface area contributed by atoms with Crippen molar-refractivity contribution in [2.45, 2.75) is 16.7 Å². The minimum absolute atomic E-state index is 0.0818. The Kier molecular flexibility index (Phi) is 2.71. The Morgan fingerprint density at radius 2 is 2.42 bits per heavy atom. The summed E-state index contributed by atoms with van der Waals surface area (Å²) in [5.74, 6) is -1.70. The van der Waals surface area contributed by atoms with E-state index in [0.29, 0.717) is 0 Å². The van der Waals surface area contributed by atoms with E-state index >= 15 is 0 Å². The van der Waals surface area contributed by atoms with E-state index in [0.717, 1.165) is 0 Å². The second-order valence-electron chi connectivity index (χ2n) is 4.57. The van der Waals surface area contributed by atoms with Crippen molar-refractivity contribution in [1.29, 1.82) is 0 Å². The molecule has 1 unspecified atom stereocenters. The first-order valence-corrected chi connectivity index (χ1v) is 6.49. The van der Waals surface area contributed by atoms with Crippen molar-refractivity contribution < 1.29 is 19.8 Å². The standard InChI is InChI=1S/C9H11N5O4S/c15-1-5-6(16)14-3-9(8(17)18,19-7(5)14)2-13-4-10-11-12-13/h4-5,7,15H,1-3H2,(H,17,18)/t5-,7+,9?/m0/s1. The second kappa shape index (κ2) is 4.17. The van der Waals surface area contributed by atoms with Crippen LogP contribution < -0.4 is 0 Å². The molecule has 3 atom stereocenters. The van der Waals surface area contributed by atoms with Crippen LogP contribution >= 0.6 is 11.8 Å². The van der Waals surface area contributed by atoms with Crippen LogP contribution in [0.4, 0.5) is 0 Å². The first-order chi connectivity index (χ1) is 9.07. The van der Waals surface area contributed by atoms with Gasteiger partial charge >= 0.3 is 5.97 Å². The molecular formula is C9H11N5O4S. The number of hydrogen-bond donors (Lipinski definition) is 2. The van der Waals surface area contributed by atoms with Gasteiger partial charge in [-0.1, -0.05) is 0 Å². The van der Waals surface area contributed by atoms with E-state index in [9.17, 15) is 14.7 Å². The van der Waals surface area contributed by atoms with Crippen molar-refractivity contribution in [1.82, 2.24) is 25.1 Å². The van der Waals surface area contributed by atoms with E-state index in [4.69, 9.17) is 5.11 Å². The highest BCUT2D eigenvalue weighted by atomic mass is 32.2. The Labute approximate surface area is 111 Å². The zero-order chi connectivity index (χ0) is 13.6. The monoisotopic (exact) mass is 285 g/mol. The van der Waals surface area contributed by atoms with Gasteiger partial charge in [0.25, 0.3) is 0 Å². The van der Waals surface area contributed by atoms with Crippen LogP contribution in [0.25, 0.3) is 0 Å². The van der Waals surface area contributed by atoms with Gasteiger partial charge < -0.3 is 15.1 Å². The number of hydrogen-bond acceptors (Lipinski definition) is 7. The van der Waals surface area contributed by atoms with E-state index in [-0.39, 0.29) is 31.0 Å². The van der Waals surface area contributed by atoms with Crippen molar-refractivity contribution in [3.05, 3.63) is 6.33 Å². The molecular weight excluding hydrogens is 274 g/mol. The fourth-order valence-electron chi connectivity index (χ4n) is 2.41. The summed E-state index contributed by atoms with van der Waals surface area (Å²) < 4.78 is 0.172. The van der Waals surface area contributed by atoms with Crippen LogP contribution in [0, 0.1) is 5.92 Å². The molecule has 9 nitrogen and oxygen atoms in total. The molecule has 2 saturated heterocycles. The van der Waals surface area contributed by atoms with Crippen molar-refractivity contribution in [3.8, 4) is 0 Å². The molecule has 19 heavy (non-hydrogen) atoms. The number of tetrazole rings is 1. The summed E-state index contributed by atoms with van der Waals surface area (Å²) in [5, 5.41) is 28.9. The Hall–Kier alpha value is -1.68. The van der Waals surface area contributed by atoms with Crippen LogP contribution in [0.15, 0.2) is 6.33 Å². The molecule has 1 aromatic heterocycles. The number of nitrogens with zero attached hydrogens (tertiary/aromatic N) is 5. The lowest BCUT2D eigenvalue weighted by Gasteiger charge is -2.40. The van der Waals surface area contributed by atoms with Gasteiger partial charge in [0.1, 0.15) is 6.33 Å². The molecule has 0 aromatic carbocycles. The number of rotatable bonds is 4. The number of carbonyl (C=O) groups is 2. The topological polar surface area (TPSA) is 121 Å². The summed E-state index contributed by atoms with van der Waals surface area (Å²) in [5.41, 5.74) is 0. The van der Waals surface area contributed by atoms with Gasteiger partial charge in [-0.3, -0.25) is 9.59 Å². The Morgan fingerprint density at radius 1 is 1.63 bits per heavy atom. The Morgan fingerprint density at radius 3 is 3.00 bits per heavy atom. The third-order valence-electron chi connectivity index (χ3n) is 3.42. The SMILES string of the molecule is O=C1[C@H](CO)[C@H]2SC(Cn3cnnn3)(C(=O)O)CN12. The van der Waals surface area contributed by atoms with Crippen LogP contribution in [0.2, 0.25) is 0 Å². The van der Waals surface area contributed by atoms with Crippen LogP contribution in [0.1, 0.15) is 0 Å². The van der Waals surface area contributed by atoms with E-state index in [1.807, 2.05) is 0 Å². The fourth-order valence-corrected chi connectivity index (χ4v) is 4.06. The summed E-state index contributed by atoms with van der Waals surface area (Å²) >= 11 is 1.18. The van der Waals surface area contributed by atoms with E-state index in [2.05, 4.69) is 15.5 Å². The maximum Gasteiger partial charge on any atom is 0.323 e. The van der Waals surface area contributed by atoms with Crippen LogP contribution in [-0.4, -0.2) is 70.5 Å². The number of β-lactam (4-membered cyclic amide) rings is 1. The highest BCUT2D eigenvalue weighted by Gasteiger charge is 2.61. The smallest absolute Gasteiger partial charge is 0.323 e. The molecule has 2 aliphatic rings. The van der Waals surface area contributed by atoms with Crippen molar-refractivity contribution in [2.24, 2.45) is 5.92 Å². The number of carboxylic acid groups (broad SMARTS) is 1. The lowest BCUT2D eigenvalue weighted by molar-refractivity contribution is -0.152. The Balaban J connectivity index is 1.84. The van der Waals surface area contributed by atoms with Gasteiger partial charge in [0.2, 0.25) is 5.91 Å². The van der Waals surface area contributed by atoms with Gasteiger partial charge in [-0.05, 0) is 10.4 Å². The van der Waals surface area contributed by atoms with Gasteiger partial charge in [0, 0.05) is 6.54 Å². The highest BCUT2D eigenvalue weighted by Crippen LogP contribution is 2.50. The lowest BCUT2D eigenvalue weighted by atomic mass is 9.97. The molecule has 2 fully saturated rings. The van der Waals surface area contributed by atoms with Crippen LogP contribution in [-0.2, 0) is 16.1 Å². The molecule has 1 amide bonds. The second-order valence-corrected chi connectivity index (χ2v) is 6.07. The maximum absolute atomic E-state index is 11.7. The molecule has 102 valence electrons. The number of fused-ring (bicyclic) bond motifs is 1. The highest BCUT2D eigenvalue weighted by molar-refractivity contribution is 8.02. The first-order valence-electron chi connectivity index (χ1n) is 5.61. The number of carbonyl (C=O) groups excluding carboxylic acids is 1. The van der Waals surface area contributed by atoms with Crippen molar-refractivity contribution in [2.75, 3.05) is 13.2 Å². The molecule has 0 saturated carbocycles. The van der Waals surface area contributed by atoms with Crippen LogP contribution in [0.5, 0.6) is 0 Å². The summed E-state index contributed by atoms with van der Waals surface area (Å²) in [4.78, 5) is 24.8. The predicted octanol–water partition coefficient (Wildman–Crippen LogP) is -1.98. The minimum atomic E-state index is -1.17. The third-order valence-corrected chi connectivity index (χ3v) is 5.13. The van der Waals surface area contributed by atoms with Crippen LogP contribution in [0.3, 0.4) is 0 Å². The quantitative estimate of drug-likeness (QED) is 0.610. The zero-order valence-corrected chi connectivity index (χ0v) is 10.5. The number of aliphatic carboxylic acids is 1. The number of aliphatic hydroxyl groups excluding tert-OH is 1. The number of aliphatic hydroxyl groups is 1. The fraction of sp³-hybridized carbons (Fsp3) is 0.667. The summed E-state index contributed by atoms with van der Waals surface area (Å²) in [6.07, 6.45) is 1.34. The molecule has 3 rings (SSSR count). The van der Waals surface area contributed by atoms with Gasteiger partial charge in [-0.15, -0.1) is 16.9 Å². The number of thioether (sulfide) groups is 1. The van der Waals surface area contributed by atoms with Crippen molar-refractivity contribution >= 4 is 23.6 Å². The lowest BCUT2D eigenvalue weighted by Crippen LogP contribution is -2.58. The largest absolute Gasteiger partial charge is 0.480 e. The molecule has 2 aliphatic heterocycles. The molecule has 3 heterocycles. The average Bonchev–Trinajstić information content (AvgIpc) is 2.98. The van der Waals surface area contributed by atoms with Gasteiger partial charge in [-0.2, -0.15) is 0 Å². The summed E-state index contributed by atoms with van der Waals surface area (Å²) in [7, 11) is 0. The molecule has 0 spiro atoms. The van der Waals surface area contributed by atoms with E-state index in [1.165, 1.54) is 27.7 Å². The zero-order valence-electron chi connectivity index (χ0n) is 9.71. The molecule has 0 bridgehead atoms. The maximum atomic E-state index is 11.7. The van der Waals surface area contributed by atoms with E-state index < -0.39 is 16.6 Å². The van der Waals surface area contributed by atoms with Crippen molar-refractivity contribution in [3.63, 3.8) is 0 Å². The number of amides is 1. The van der Waals surface area contributed by atoms with Gasteiger partial charge in [0.05, 0.1) is 24.4 Å². The third kappa shape index (κ3) is 1.70. The van der Waals surface area contributed by atoms with E-state index in [1.54, 1.807) is 0 Å². The molecule has 1 aromatic rings. The predicted molar refractivity (Wildman–Crippen MR) is 61.9 cm³/mol. The minimum Gasteiger partial charge on any atom is -0.480 e. The summed E-state index contributed by atoms with van der Waals surface area (Å²) in [6.45, 7) is -0.0706. The summed E-state index contributed by atoms with van der Waals surface area (Å²) in [6, 6.07) is 0. The van der Waals surface area contributed by atoms with Gasteiger partial charge in [0.15, 0.2) is 4.75 Å².